The lowest BCUT2D eigenvalue weighted by Crippen LogP contribution is -2.53. The Bertz CT molecular complexity index is 1670. The van der Waals surface area contributed by atoms with E-state index in [1.54, 1.807) is 55.5 Å². The summed E-state index contributed by atoms with van der Waals surface area (Å²) in [6, 6.07) is 28.4. The van der Waals surface area contributed by atoms with Crippen LogP contribution in [0.5, 0.6) is 0 Å². The number of halogens is 2. The number of benzene rings is 4. The van der Waals surface area contributed by atoms with E-state index in [9.17, 15) is 18.0 Å². The zero-order valence-electron chi connectivity index (χ0n) is 24.6. The van der Waals surface area contributed by atoms with Crippen molar-refractivity contribution < 1.29 is 18.0 Å². The fourth-order valence-electron chi connectivity index (χ4n) is 4.83. The van der Waals surface area contributed by atoms with E-state index in [0.717, 1.165) is 21.9 Å². The summed E-state index contributed by atoms with van der Waals surface area (Å²) in [5.41, 5.74) is 2.76. The maximum Gasteiger partial charge on any atom is 0.264 e. The van der Waals surface area contributed by atoms with Gasteiger partial charge in [-0.3, -0.25) is 13.9 Å². The zero-order chi connectivity index (χ0) is 31.7. The third-order valence-electron chi connectivity index (χ3n) is 7.22. The van der Waals surface area contributed by atoms with Crippen molar-refractivity contribution in [2.24, 2.45) is 0 Å². The van der Waals surface area contributed by atoms with E-state index >= 15 is 0 Å². The van der Waals surface area contributed by atoms with Crippen LogP contribution in [0.3, 0.4) is 0 Å². The number of carbonyl (C=O) groups excluding carboxylic acids is 2. The van der Waals surface area contributed by atoms with Crippen LogP contribution in [-0.2, 0) is 39.0 Å². The number of nitrogens with zero attached hydrogens (tertiary/aromatic N) is 2. The van der Waals surface area contributed by atoms with Gasteiger partial charge in [0.2, 0.25) is 11.8 Å². The average Bonchev–Trinajstić information content (AvgIpc) is 3.03. The summed E-state index contributed by atoms with van der Waals surface area (Å²) in [5, 5.41) is 3.60. The van der Waals surface area contributed by atoms with Crippen molar-refractivity contribution in [3.8, 4) is 0 Å². The molecule has 230 valence electrons. The van der Waals surface area contributed by atoms with Crippen LogP contribution in [0.2, 0.25) is 10.0 Å². The highest BCUT2D eigenvalue weighted by molar-refractivity contribution is 7.92. The van der Waals surface area contributed by atoms with Crippen molar-refractivity contribution >= 4 is 50.7 Å². The van der Waals surface area contributed by atoms with E-state index in [1.807, 2.05) is 49.4 Å². The highest BCUT2D eigenvalue weighted by atomic mass is 35.5. The Morgan fingerprint density at radius 1 is 0.818 bits per heavy atom. The lowest BCUT2D eigenvalue weighted by molar-refractivity contribution is -0.140. The van der Waals surface area contributed by atoms with Crippen molar-refractivity contribution in [1.29, 1.82) is 0 Å². The number of amides is 2. The number of sulfonamides is 1. The van der Waals surface area contributed by atoms with Gasteiger partial charge in [0.1, 0.15) is 12.6 Å². The molecule has 0 radical (unpaired) electrons. The van der Waals surface area contributed by atoms with E-state index in [0.29, 0.717) is 27.8 Å². The lowest BCUT2D eigenvalue weighted by Gasteiger charge is -2.34. The van der Waals surface area contributed by atoms with Crippen LogP contribution in [0.25, 0.3) is 0 Å². The van der Waals surface area contributed by atoms with E-state index in [2.05, 4.69) is 5.32 Å². The minimum absolute atomic E-state index is 0.0442. The van der Waals surface area contributed by atoms with Crippen LogP contribution < -0.4 is 9.62 Å². The van der Waals surface area contributed by atoms with Gasteiger partial charge in [0, 0.05) is 29.6 Å². The van der Waals surface area contributed by atoms with Crippen LogP contribution in [0.15, 0.2) is 108 Å². The van der Waals surface area contributed by atoms with E-state index in [-0.39, 0.29) is 23.8 Å². The molecule has 7 nitrogen and oxygen atoms in total. The lowest BCUT2D eigenvalue weighted by atomic mass is 10.0. The van der Waals surface area contributed by atoms with Gasteiger partial charge in [-0.1, -0.05) is 96.9 Å². The van der Waals surface area contributed by atoms with Crippen LogP contribution >= 0.6 is 23.2 Å². The Kier molecular flexibility index (Phi) is 11.4. The molecule has 1 N–H and O–H groups in total. The van der Waals surface area contributed by atoms with Gasteiger partial charge < -0.3 is 10.2 Å². The zero-order valence-corrected chi connectivity index (χ0v) is 26.9. The molecule has 0 aliphatic carbocycles. The Hall–Kier alpha value is -3.85. The maximum atomic E-state index is 14.4. The number of anilines is 1. The molecule has 10 heteroatoms. The third-order valence-corrected chi connectivity index (χ3v) is 9.60. The van der Waals surface area contributed by atoms with Gasteiger partial charge >= 0.3 is 0 Å². The second kappa shape index (κ2) is 15.2. The highest BCUT2D eigenvalue weighted by Crippen LogP contribution is 2.27. The second-order valence-corrected chi connectivity index (χ2v) is 12.9. The van der Waals surface area contributed by atoms with E-state index in [1.165, 1.54) is 17.0 Å². The van der Waals surface area contributed by atoms with Crippen molar-refractivity contribution in [1.82, 2.24) is 10.2 Å². The molecule has 4 rings (SSSR count). The normalized spacial score (nSPS) is 11.9. The van der Waals surface area contributed by atoms with Gasteiger partial charge in [-0.05, 0) is 66.4 Å². The van der Waals surface area contributed by atoms with Gasteiger partial charge in [-0.15, -0.1) is 0 Å². The molecule has 0 aliphatic rings. The third kappa shape index (κ3) is 8.20. The Balaban J connectivity index is 1.81. The van der Waals surface area contributed by atoms with Gasteiger partial charge in [-0.25, -0.2) is 8.42 Å². The number of likely N-dealkylation sites (N-methyl/N-ethyl adjacent to an activating group) is 1. The summed E-state index contributed by atoms with van der Waals surface area (Å²) < 4.78 is 29.2. The first-order chi connectivity index (χ1) is 21.1. The average molecular weight is 653 g/mol. The first-order valence-corrected chi connectivity index (χ1v) is 16.5. The fraction of sp³-hybridized carbons (Fsp3) is 0.235. The SMILES string of the molecule is CCNC(=O)[C@H](Cc1ccccc1)N(Cc1ccc(Cl)cc1Cl)C(=O)CN(c1ccc(CC)cc1)S(=O)(=O)c1ccccc1. The predicted molar refractivity (Wildman–Crippen MR) is 176 cm³/mol. The summed E-state index contributed by atoms with van der Waals surface area (Å²) in [7, 11) is -4.16. The summed E-state index contributed by atoms with van der Waals surface area (Å²) in [6.45, 7) is 3.57. The van der Waals surface area contributed by atoms with Gasteiger partial charge in [-0.2, -0.15) is 0 Å². The number of carbonyl (C=O) groups is 2. The van der Waals surface area contributed by atoms with Gasteiger partial charge in [0.25, 0.3) is 10.0 Å². The molecule has 1 atom stereocenters. The van der Waals surface area contributed by atoms with Crippen LogP contribution in [0.4, 0.5) is 5.69 Å². The first kappa shape index (κ1) is 33.1. The largest absolute Gasteiger partial charge is 0.355 e. The molecular formula is C34H35Cl2N3O4S. The Morgan fingerprint density at radius 3 is 2.05 bits per heavy atom. The standard InChI is InChI=1S/C34H35Cl2N3O4S/c1-3-25-15-19-29(20-16-25)39(44(42,43)30-13-9-6-10-14-30)24-33(40)38(23-27-17-18-28(35)22-31(27)36)32(34(41)37-4-2)21-26-11-7-5-8-12-26/h5-20,22,32H,3-4,21,23-24H2,1-2H3,(H,37,41)/t32-/m0/s1. The predicted octanol–water partition coefficient (Wildman–Crippen LogP) is 6.53. The van der Waals surface area contributed by atoms with Gasteiger partial charge in [0.15, 0.2) is 0 Å². The summed E-state index contributed by atoms with van der Waals surface area (Å²) in [4.78, 5) is 29.4. The van der Waals surface area contributed by atoms with Crippen molar-refractivity contribution in [2.75, 3.05) is 17.4 Å². The number of rotatable bonds is 13. The Morgan fingerprint density at radius 2 is 1.45 bits per heavy atom. The Labute approximate surface area is 269 Å². The first-order valence-electron chi connectivity index (χ1n) is 14.4. The molecular weight excluding hydrogens is 617 g/mol. The summed E-state index contributed by atoms with van der Waals surface area (Å²) in [5.74, 6) is -0.929. The molecule has 0 bridgehead atoms. The van der Waals surface area contributed by atoms with E-state index in [4.69, 9.17) is 23.2 Å². The minimum Gasteiger partial charge on any atom is -0.355 e. The molecule has 0 saturated carbocycles. The number of aryl methyl sites for hydroxylation is 1. The molecule has 4 aromatic carbocycles. The molecule has 0 heterocycles. The fourth-order valence-corrected chi connectivity index (χ4v) is 6.73. The molecule has 2 amide bonds. The molecule has 0 aliphatic heterocycles. The van der Waals surface area contributed by atoms with Crippen LogP contribution in [0.1, 0.15) is 30.5 Å². The van der Waals surface area contributed by atoms with Crippen LogP contribution in [-0.4, -0.2) is 44.3 Å². The van der Waals surface area contributed by atoms with E-state index < -0.39 is 28.5 Å². The minimum atomic E-state index is -4.16. The summed E-state index contributed by atoms with van der Waals surface area (Å²) >= 11 is 12.7. The molecule has 0 spiro atoms. The summed E-state index contributed by atoms with van der Waals surface area (Å²) in [6.07, 6.45) is 0.980. The van der Waals surface area contributed by atoms with Crippen molar-refractivity contribution in [3.63, 3.8) is 0 Å². The highest BCUT2D eigenvalue weighted by Gasteiger charge is 2.34. The van der Waals surface area contributed by atoms with Gasteiger partial charge in [0.05, 0.1) is 10.6 Å². The topological polar surface area (TPSA) is 86.8 Å². The van der Waals surface area contributed by atoms with Crippen LogP contribution in [0, 0.1) is 0 Å². The number of nitrogens with one attached hydrogen (secondary N) is 1. The monoisotopic (exact) mass is 651 g/mol. The van der Waals surface area contributed by atoms with Crippen molar-refractivity contribution in [3.05, 3.63) is 130 Å². The second-order valence-electron chi connectivity index (χ2n) is 10.2. The molecule has 0 aromatic heterocycles. The quantitative estimate of drug-likeness (QED) is 0.178. The number of hydrogen-bond donors (Lipinski definition) is 1. The maximum absolute atomic E-state index is 14.4. The molecule has 44 heavy (non-hydrogen) atoms. The molecule has 0 unspecified atom stereocenters. The van der Waals surface area contributed by atoms with Crippen molar-refractivity contribution in [2.45, 2.75) is 44.2 Å². The smallest absolute Gasteiger partial charge is 0.264 e. The molecule has 0 fully saturated rings. The molecule has 0 saturated heterocycles. The number of hydrogen-bond acceptors (Lipinski definition) is 4. The molecule has 4 aromatic rings.